The Kier molecular flexibility index (Phi) is 7.24. The van der Waals surface area contributed by atoms with Gasteiger partial charge in [0.15, 0.2) is 0 Å². The van der Waals surface area contributed by atoms with Gasteiger partial charge in [-0.15, -0.1) is 11.3 Å². The van der Waals surface area contributed by atoms with Gasteiger partial charge in [-0.2, -0.15) is 4.31 Å². The predicted octanol–water partition coefficient (Wildman–Crippen LogP) is 5.37. The second-order valence-corrected chi connectivity index (χ2v) is 11.5. The summed E-state index contributed by atoms with van der Waals surface area (Å²) in [4.78, 5) is 16.9. The number of hydrogen-bond donors (Lipinski definition) is 0. The highest BCUT2D eigenvalue weighted by atomic mass is 35.5. The molecule has 1 amide bonds. The lowest BCUT2D eigenvalue weighted by Crippen LogP contribution is -2.49. The van der Waals surface area contributed by atoms with Crippen LogP contribution >= 0.6 is 22.9 Å². The summed E-state index contributed by atoms with van der Waals surface area (Å²) < 4.78 is 28.3. The number of halogens is 1. The first-order valence-corrected chi connectivity index (χ1v) is 13.7. The molecule has 1 aliphatic rings. The van der Waals surface area contributed by atoms with Crippen LogP contribution < -0.4 is 0 Å². The predicted molar refractivity (Wildman–Crippen MR) is 133 cm³/mol. The van der Waals surface area contributed by atoms with Crippen molar-refractivity contribution in [3.63, 3.8) is 0 Å². The topological polar surface area (TPSA) is 57.7 Å². The van der Waals surface area contributed by atoms with E-state index in [4.69, 9.17) is 11.6 Å². The Labute approximate surface area is 204 Å². The highest BCUT2D eigenvalue weighted by Crippen LogP contribution is 2.38. The number of amides is 1. The maximum absolute atomic E-state index is 13.7. The minimum absolute atomic E-state index is 0.137. The molecule has 1 aromatic heterocycles. The summed E-state index contributed by atoms with van der Waals surface area (Å²) in [5.74, 6) is -0.196. The van der Waals surface area contributed by atoms with Crippen LogP contribution in [0.5, 0.6) is 0 Å². The van der Waals surface area contributed by atoms with Crippen molar-refractivity contribution in [1.82, 2.24) is 9.21 Å². The maximum Gasteiger partial charge on any atom is 0.243 e. The zero-order valence-electron chi connectivity index (χ0n) is 18.6. The molecule has 2 aromatic carbocycles. The number of nitrogens with zero attached hydrogens (tertiary/aromatic N) is 2. The van der Waals surface area contributed by atoms with E-state index in [2.05, 4.69) is 11.4 Å². The van der Waals surface area contributed by atoms with Gasteiger partial charge >= 0.3 is 0 Å². The average Bonchev–Trinajstić information content (AvgIpc) is 3.31. The van der Waals surface area contributed by atoms with Gasteiger partial charge in [-0.25, -0.2) is 8.42 Å². The fourth-order valence-electron chi connectivity index (χ4n) is 4.23. The van der Waals surface area contributed by atoms with Crippen LogP contribution in [0.2, 0.25) is 5.02 Å². The quantitative estimate of drug-likeness (QED) is 0.436. The molecule has 4 rings (SSSR count). The first-order chi connectivity index (χ1) is 15.8. The molecule has 0 saturated carbocycles. The SMILES string of the molecule is CCC(C)N(CC(=O)N1CCc2sccc2C1c1ccccc1)S(=O)(=O)c1ccc(Cl)cc1. The molecule has 1 aliphatic heterocycles. The van der Waals surface area contributed by atoms with Crippen LogP contribution in [0.15, 0.2) is 70.9 Å². The van der Waals surface area contributed by atoms with Crippen molar-refractivity contribution in [1.29, 1.82) is 0 Å². The fraction of sp³-hybridized carbons (Fsp3) is 0.320. The molecular formula is C25H27ClN2O3S2. The van der Waals surface area contributed by atoms with Crippen molar-refractivity contribution >= 4 is 38.9 Å². The number of carbonyl (C=O) groups excluding carboxylic acids is 1. The first-order valence-electron chi connectivity index (χ1n) is 11.0. The Morgan fingerprint density at radius 1 is 1.15 bits per heavy atom. The molecule has 33 heavy (non-hydrogen) atoms. The second-order valence-electron chi connectivity index (χ2n) is 8.21. The highest BCUT2D eigenvalue weighted by molar-refractivity contribution is 7.89. The zero-order valence-corrected chi connectivity index (χ0v) is 21.0. The molecule has 0 aliphatic carbocycles. The largest absolute Gasteiger partial charge is 0.330 e. The summed E-state index contributed by atoms with van der Waals surface area (Å²) in [6, 6.07) is 17.6. The molecular weight excluding hydrogens is 476 g/mol. The van der Waals surface area contributed by atoms with E-state index in [0.29, 0.717) is 18.0 Å². The summed E-state index contributed by atoms with van der Waals surface area (Å²) in [7, 11) is -3.87. The van der Waals surface area contributed by atoms with Gasteiger partial charge in [-0.1, -0.05) is 48.9 Å². The van der Waals surface area contributed by atoms with Crippen LogP contribution in [0.25, 0.3) is 0 Å². The van der Waals surface area contributed by atoms with Crippen LogP contribution in [0.1, 0.15) is 42.3 Å². The lowest BCUT2D eigenvalue weighted by molar-refractivity contribution is -0.133. The van der Waals surface area contributed by atoms with Gasteiger partial charge in [-0.3, -0.25) is 4.79 Å². The number of rotatable bonds is 7. The van der Waals surface area contributed by atoms with E-state index < -0.39 is 10.0 Å². The lowest BCUT2D eigenvalue weighted by Gasteiger charge is -2.38. The summed E-state index contributed by atoms with van der Waals surface area (Å²) >= 11 is 7.66. The van der Waals surface area contributed by atoms with Crippen molar-refractivity contribution in [3.8, 4) is 0 Å². The van der Waals surface area contributed by atoms with Crippen LogP contribution in [-0.4, -0.2) is 42.7 Å². The third-order valence-electron chi connectivity index (χ3n) is 6.20. The third-order valence-corrected chi connectivity index (χ3v) is 9.42. The molecule has 0 bridgehead atoms. The monoisotopic (exact) mass is 502 g/mol. The van der Waals surface area contributed by atoms with Gasteiger partial charge in [0.2, 0.25) is 15.9 Å². The van der Waals surface area contributed by atoms with Crippen LogP contribution in [-0.2, 0) is 21.2 Å². The van der Waals surface area contributed by atoms with E-state index in [1.165, 1.54) is 21.3 Å². The highest BCUT2D eigenvalue weighted by Gasteiger charge is 2.36. The number of fused-ring (bicyclic) bond motifs is 1. The second kappa shape index (κ2) is 9.97. The minimum Gasteiger partial charge on any atom is -0.330 e. The number of hydrogen-bond acceptors (Lipinski definition) is 4. The van der Waals surface area contributed by atoms with Gasteiger partial charge in [-0.05, 0) is 66.6 Å². The molecule has 8 heteroatoms. The van der Waals surface area contributed by atoms with E-state index in [0.717, 1.165) is 17.5 Å². The molecule has 2 atom stereocenters. The summed E-state index contributed by atoms with van der Waals surface area (Å²) in [5.41, 5.74) is 2.15. The Balaban J connectivity index is 1.67. The number of carbonyl (C=O) groups is 1. The summed E-state index contributed by atoms with van der Waals surface area (Å²) in [6.07, 6.45) is 1.37. The third kappa shape index (κ3) is 4.87. The summed E-state index contributed by atoms with van der Waals surface area (Å²) in [6.45, 7) is 4.11. The van der Waals surface area contributed by atoms with Gasteiger partial charge in [0.1, 0.15) is 0 Å². The van der Waals surface area contributed by atoms with Crippen LogP contribution in [0.4, 0.5) is 0 Å². The van der Waals surface area contributed by atoms with Crippen molar-refractivity contribution in [3.05, 3.63) is 87.1 Å². The lowest BCUT2D eigenvalue weighted by atomic mass is 9.93. The molecule has 0 radical (unpaired) electrons. The number of sulfonamides is 1. The standard InChI is InChI=1S/C25H27ClN2O3S2/c1-3-18(2)28(33(30,31)21-11-9-20(26)10-12-21)17-24(29)27-15-13-23-22(14-16-32-23)25(27)19-7-5-4-6-8-19/h4-12,14,16,18,25H,3,13,15,17H2,1-2H3. The zero-order chi connectivity index (χ0) is 23.6. The molecule has 3 aromatic rings. The smallest absolute Gasteiger partial charge is 0.243 e. The van der Waals surface area contributed by atoms with Crippen molar-refractivity contribution in [2.24, 2.45) is 0 Å². The molecule has 0 N–H and O–H groups in total. The van der Waals surface area contributed by atoms with Crippen LogP contribution in [0.3, 0.4) is 0 Å². The Bertz CT molecular complexity index is 1210. The van der Waals surface area contributed by atoms with E-state index in [-0.39, 0.29) is 29.4 Å². The van der Waals surface area contributed by atoms with E-state index in [9.17, 15) is 13.2 Å². The molecule has 0 spiro atoms. The van der Waals surface area contributed by atoms with Gasteiger partial charge < -0.3 is 4.90 Å². The first kappa shape index (κ1) is 24.0. The van der Waals surface area contributed by atoms with Crippen molar-refractivity contribution in [2.75, 3.05) is 13.1 Å². The summed E-state index contributed by atoms with van der Waals surface area (Å²) in [5, 5.41) is 2.52. The Hall–Kier alpha value is -2.19. The number of benzene rings is 2. The fourth-order valence-corrected chi connectivity index (χ4v) is 6.91. The van der Waals surface area contributed by atoms with Gasteiger partial charge in [0, 0.05) is 22.5 Å². The molecule has 2 unspecified atom stereocenters. The normalized spacial score (nSPS) is 17.1. The molecule has 5 nitrogen and oxygen atoms in total. The van der Waals surface area contributed by atoms with Gasteiger partial charge in [0.25, 0.3) is 0 Å². The maximum atomic E-state index is 13.7. The average molecular weight is 503 g/mol. The van der Waals surface area contributed by atoms with Gasteiger partial charge in [0.05, 0.1) is 17.5 Å². The number of thiophene rings is 1. The Morgan fingerprint density at radius 2 is 1.85 bits per heavy atom. The van der Waals surface area contributed by atoms with E-state index in [1.807, 2.05) is 49.1 Å². The van der Waals surface area contributed by atoms with Crippen LogP contribution in [0, 0.1) is 0 Å². The molecule has 174 valence electrons. The molecule has 0 saturated heterocycles. The molecule has 2 heterocycles. The molecule has 0 fully saturated rings. The van der Waals surface area contributed by atoms with Crippen molar-refractivity contribution in [2.45, 2.75) is 43.7 Å². The minimum atomic E-state index is -3.87. The van der Waals surface area contributed by atoms with Crippen molar-refractivity contribution < 1.29 is 13.2 Å². The van der Waals surface area contributed by atoms with E-state index >= 15 is 0 Å². The Morgan fingerprint density at radius 3 is 2.52 bits per heavy atom. The van der Waals surface area contributed by atoms with E-state index in [1.54, 1.807) is 23.5 Å².